The predicted octanol–water partition coefficient (Wildman–Crippen LogP) is 3.98. The normalized spacial score (nSPS) is 10.2. The molecule has 0 amide bonds. The van der Waals surface area contributed by atoms with Crippen LogP contribution < -0.4 is 5.73 Å². The lowest BCUT2D eigenvalue weighted by Gasteiger charge is -2.06. The zero-order valence-electron chi connectivity index (χ0n) is 17.0. The van der Waals surface area contributed by atoms with Crippen molar-refractivity contribution >= 4 is 16.1 Å². The van der Waals surface area contributed by atoms with E-state index in [-0.39, 0.29) is 10.9 Å². The van der Waals surface area contributed by atoms with Crippen LogP contribution in [0.1, 0.15) is 37.8 Å². The third-order valence-electron chi connectivity index (χ3n) is 3.49. The van der Waals surface area contributed by atoms with E-state index in [0.29, 0.717) is 18.9 Å². The summed E-state index contributed by atoms with van der Waals surface area (Å²) in [5.41, 5.74) is 6.49. The lowest BCUT2D eigenvalue weighted by molar-refractivity contribution is -0.145. The number of nitrogens with two attached hydrogens (primary N) is 1. The maximum atomic E-state index is 11.3. The van der Waals surface area contributed by atoms with Crippen LogP contribution in [0.15, 0.2) is 59.5 Å². The van der Waals surface area contributed by atoms with Crippen molar-refractivity contribution in [3.63, 3.8) is 0 Å². The van der Waals surface area contributed by atoms with Crippen LogP contribution in [0, 0.1) is 12.8 Å². The highest BCUT2D eigenvalue weighted by Crippen LogP contribution is 2.08. The van der Waals surface area contributed by atoms with Gasteiger partial charge in [-0.1, -0.05) is 61.9 Å². The van der Waals surface area contributed by atoms with Gasteiger partial charge >= 0.3 is 5.97 Å². The van der Waals surface area contributed by atoms with Gasteiger partial charge in [-0.05, 0) is 44.0 Å². The quantitative estimate of drug-likeness (QED) is 0.552. The van der Waals surface area contributed by atoms with Crippen molar-refractivity contribution in [2.24, 2.45) is 11.7 Å². The number of ether oxygens (including phenoxy) is 1. The van der Waals surface area contributed by atoms with Crippen LogP contribution in [0.2, 0.25) is 0 Å². The molecule has 0 bridgehead atoms. The number of hydrogen-bond acceptors (Lipinski definition) is 5. The van der Waals surface area contributed by atoms with E-state index >= 15 is 0 Å². The van der Waals surface area contributed by atoms with E-state index in [0.717, 1.165) is 17.5 Å². The molecule has 6 nitrogen and oxygen atoms in total. The summed E-state index contributed by atoms with van der Waals surface area (Å²) in [4.78, 5) is 11.2. The second kappa shape index (κ2) is 13.9. The van der Waals surface area contributed by atoms with Crippen LogP contribution in [-0.2, 0) is 26.3 Å². The van der Waals surface area contributed by atoms with Gasteiger partial charge in [-0.3, -0.25) is 9.35 Å². The summed E-state index contributed by atoms with van der Waals surface area (Å²) in [7, 11) is -2.52. The minimum absolute atomic E-state index is 0.0666. The van der Waals surface area contributed by atoms with E-state index < -0.39 is 10.1 Å². The van der Waals surface area contributed by atoms with Crippen LogP contribution >= 0.6 is 0 Å². The monoisotopic (exact) mass is 409 g/mol. The first-order valence-corrected chi connectivity index (χ1v) is 10.4. The Morgan fingerprint density at radius 2 is 1.57 bits per heavy atom. The summed E-state index contributed by atoms with van der Waals surface area (Å²) in [5, 5.41) is 0. The molecule has 7 heteroatoms. The first-order chi connectivity index (χ1) is 13.2. The van der Waals surface area contributed by atoms with Crippen molar-refractivity contribution in [1.82, 2.24) is 0 Å². The van der Waals surface area contributed by atoms with Crippen molar-refractivity contribution in [3.8, 4) is 0 Å². The predicted molar refractivity (Wildman–Crippen MR) is 111 cm³/mol. The molecule has 28 heavy (non-hydrogen) atoms. The summed E-state index contributed by atoms with van der Waals surface area (Å²) >= 11 is 0. The van der Waals surface area contributed by atoms with Crippen molar-refractivity contribution in [1.29, 1.82) is 0 Å². The van der Waals surface area contributed by atoms with Gasteiger partial charge in [0.05, 0.1) is 4.90 Å². The molecule has 0 radical (unpaired) electrons. The fourth-order valence-electron chi connectivity index (χ4n) is 1.93. The fourth-order valence-corrected chi connectivity index (χ4v) is 2.41. The van der Waals surface area contributed by atoms with E-state index in [9.17, 15) is 13.2 Å². The van der Waals surface area contributed by atoms with Crippen molar-refractivity contribution in [2.75, 3.05) is 7.05 Å². The molecule has 0 heterocycles. The number of carbonyl (C=O) groups is 1. The molecule has 0 saturated carbocycles. The molecule has 0 aliphatic carbocycles. The van der Waals surface area contributed by atoms with Crippen LogP contribution in [0.5, 0.6) is 0 Å². The molecule has 2 aromatic carbocycles. The summed E-state index contributed by atoms with van der Waals surface area (Å²) in [5.74, 6) is 0.446. The molecule has 0 spiro atoms. The molecule has 2 rings (SSSR count). The van der Waals surface area contributed by atoms with Crippen molar-refractivity contribution < 1.29 is 22.5 Å². The Morgan fingerprint density at radius 3 is 2.04 bits per heavy atom. The Balaban J connectivity index is 0.000000497. The zero-order chi connectivity index (χ0) is 21.6. The van der Waals surface area contributed by atoms with E-state index in [1.54, 1.807) is 12.1 Å². The Morgan fingerprint density at radius 1 is 1.04 bits per heavy atom. The molecule has 0 aliphatic rings. The minimum Gasteiger partial charge on any atom is -0.461 e. The third-order valence-corrected chi connectivity index (χ3v) is 4.36. The van der Waals surface area contributed by atoms with Crippen LogP contribution in [0.4, 0.5) is 0 Å². The Kier molecular flexibility index (Phi) is 12.8. The molecule has 0 unspecified atom stereocenters. The summed E-state index contributed by atoms with van der Waals surface area (Å²) < 4.78 is 34.7. The van der Waals surface area contributed by atoms with Gasteiger partial charge < -0.3 is 10.5 Å². The highest BCUT2D eigenvalue weighted by molar-refractivity contribution is 7.85. The molecule has 0 aromatic heterocycles. The second-order valence-corrected chi connectivity index (χ2v) is 7.79. The molecular formula is C21H31NO5S. The summed E-state index contributed by atoms with van der Waals surface area (Å²) in [6, 6.07) is 15.7. The third kappa shape index (κ3) is 12.2. The topological polar surface area (TPSA) is 107 Å². The Hall–Kier alpha value is -2.22. The average Bonchev–Trinajstić information content (AvgIpc) is 2.67. The van der Waals surface area contributed by atoms with Crippen LogP contribution in [0.25, 0.3) is 0 Å². The average molecular weight is 410 g/mol. The zero-order valence-corrected chi connectivity index (χ0v) is 17.8. The van der Waals surface area contributed by atoms with Crippen molar-refractivity contribution in [3.05, 3.63) is 65.7 Å². The lowest BCUT2D eigenvalue weighted by Crippen LogP contribution is -2.05. The molecule has 156 valence electrons. The van der Waals surface area contributed by atoms with Gasteiger partial charge in [0.25, 0.3) is 10.1 Å². The summed E-state index contributed by atoms with van der Waals surface area (Å²) in [6.07, 6.45) is 1.41. The first-order valence-electron chi connectivity index (χ1n) is 9.00. The molecule has 0 fully saturated rings. The van der Waals surface area contributed by atoms with Gasteiger partial charge in [-0.15, -0.1) is 0 Å². The maximum absolute atomic E-state index is 11.3. The number of esters is 1. The van der Waals surface area contributed by atoms with Gasteiger partial charge in [0.15, 0.2) is 0 Å². The van der Waals surface area contributed by atoms with Crippen molar-refractivity contribution in [2.45, 2.75) is 45.1 Å². The highest BCUT2D eigenvalue weighted by atomic mass is 32.2. The highest BCUT2D eigenvalue weighted by Gasteiger charge is 2.07. The van der Waals surface area contributed by atoms with E-state index in [1.807, 2.05) is 37.3 Å². The number of hydrogen-bond donors (Lipinski definition) is 2. The lowest BCUT2D eigenvalue weighted by atomic mass is 10.1. The smallest absolute Gasteiger partial charge is 0.306 e. The number of rotatable bonds is 6. The van der Waals surface area contributed by atoms with Gasteiger partial charge in [0.2, 0.25) is 0 Å². The van der Waals surface area contributed by atoms with E-state index in [2.05, 4.69) is 19.6 Å². The first kappa shape index (κ1) is 25.8. The molecule has 0 saturated heterocycles. The van der Waals surface area contributed by atoms with Crippen LogP contribution in [-0.4, -0.2) is 26.0 Å². The fraction of sp³-hybridized carbons (Fsp3) is 0.381. The van der Waals surface area contributed by atoms with Crippen LogP contribution in [0.3, 0.4) is 0 Å². The standard InChI is InChI=1S/C13H18O2.C7H8O3S.CH5N/c1-11(2)8-9-13(14)15-10-12-6-4-3-5-7-12;1-6-2-4-7(5-3-6)11(8,9)10;1-2/h3-7,11H,8-10H2,1-2H3;2-5H,1H3,(H,8,9,10);2H2,1H3. The van der Waals surface area contributed by atoms with E-state index in [1.165, 1.54) is 19.2 Å². The minimum atomic E-state index is -4.02. The van der Waals surface area contributed by atoms with Gasteiger partial charge in [-0.25, -0.2) is 0 Å². The summed E-state index contributed by atoms with van der Waals surface area (Å²) in [6.45, 7) is 6.43. The molecule has 2 aromatic rings. The maximum Gasteiger partial charge on any atom is 0.306 e. The molecular weight excluding hydrogens is 378 g/mol. The molecule has 3 N–H and O–H groups in total. The van der Waals surface area contributed by atoms with Gasteiger partial charge in [0, 0.05) is 6.42 Å². The Bertz CT molecular complexity index is 772. The Labute approximate surface area is 168 Å². The second-order valence-electron chi connectivity index (χ2n) is 6.37. The van der Waals surface area contributed by atoms with Gasteiger partial charge in [0.1, 0.15) is 6.61 Å². The molecule has 0 atom stereocenters. The molecule has 0 aliphatic heterocycles. The number of carbonyl (C=O) groups excluding carboxylic acids is 1. The largest absolute Gasteiger partial charge is 0.461 e. The number of aryl methyl sites for hydroxylation is 1. The van der Waals surface area contributed by atoms with Gasteiger partial charge in [-0.2, -0.15) is 8.42 Å². The SMILES string of the molecule is CC(C)CCC(=O)OCc1ccccc1.CN.Cc1ccc(S(=O)(=O)O)cc1. The van der Waals surface area contributed by atoms with E-state index in [4.69, 9.17) is 9.29 Å². The number of benzene rings is 2.